The lowest BCUT2D eigenvalue weighted by Crippen LogP contribution is -2.54. The van der Waals surface area contributed by atoms with Crippen molar-refractivity contribution in [3.05, 3.63) is 24.3 Å². The van der Waals surface area contributed by atoms with Crippen LogP contribution in [0, 0.1) is 35.0 Å². The molecule has 7 atom stereocenters. The molecule has 0 spiro atoms. The molecular formula is C21H30O2. The fourth-order valence-corrected chi connectivity index (χ4v) is 6.84. The summed E-state index contributed by atoms with van der Waals surface area (Å²) >= 11 is 0. The molecule has 0 aliphatic heterocycles. The molecule has 0 radical (unpaired) electrons. The third kappa shape index (κ3) is 2.06. The second kappa shape index (κ2) is 5.05. The fourth-order valence-electron chi connectivity index (χ4n) is 6.84. The molecule has 4 aliphatic rings. The summed E-state index contributed by atoms with van der Waals surface area (Å²) in [4.78, 5) is 11.8. The van der Waals surface area contributed by atoms with Gasteiger partial charge in [0.1, 0.15) is 0 Å². The second-order valence-electron chi connectivity index (χ2n) is 9.05. The van der Waals surface area contributed by atoms with Crippen molar-refractivity contribution >= 4 is 5.78 Å². The van der Waals surface area contributed by atoms with Crippen molar-refractivity contribution in [2.45, 2.75) is 64.4 Å². The first kappa shape index (κ1) is 15.6. The zero-order valence-corrected chi connectivity index (χ0v) is 14.6. The largest absolute Gasteiger partial charge is 0.390 e. The highest BCUT2D eigenvalue weighted by molar-refractivity contribution is 5.91. The quantitative estimate of drug-likeness (QED) is 0.733. The SMILES string of the molecule is C=C[C@H]1C[C@@]2(C)C(CC[C@]2(C)O)C2CCC3=CC(=O)CCC3C21. The third-order valence-electron chi connectivity index (χ3n) is 8.21. The van der Waals surface area contributed by atoms with Gasteiger partial charge in [0.2, 0.25) is 0 Å². The number of aliphatic hydroxyl groups is 1. The third-order valence-corrected chi connectivity index (χ3v) is 8.21. The van der Waals surface area contributed by atoms with Gasteiger partial charge in [-0.25, -0.2) is 0 Å². The zero-order chi connectivity index (χ0) is 16.4. The van der Waals surface area contributed by atoms with Crippen molar-refractivity contribution in [3.8, 4) is 0 Å². The summed E-state index contributed by atoms with van der Waals surface area (Å²) in [5, 5.41) is 11.0. The minimum Gasteiger partial charge on any atom is -0.390 e. The molecule has 1 N–H and O–H groups in total. The smallest absolute Gasteiger partial charge is 0.155 e. The van der Waals surface area contributed by atoms with Crippen LogP contribution in [0.1, 0.15) is 58.8 Å². The maximum Gasteiger partial charge on any atom is 0.155 e. The van der Waals surface area contributed by atoms with Crippen molar-refractivity contribution in [3.63, 3.8) is 0 Å². The molecule has 0 aromatic carbocycles. The van der Waals surface area contributed by atoms with Gasteiger partial charge in [-0.3, -0.25) is 4.79 Å². The summed E-state index contributed by atoms with van der Waals surface area (Å²) in [5.74, 6) is 3.37. The van der Waals surface area contributed by atoms with E-state index in [4.69, 9.17) is 0 Å². The van der Waals surface area contributed by atoms with Crippen LogP contribution in [0.3, 0.4) is 0 Å². The van der Waals surface area contributed by atoms with Gasteiger partial charge < -0.3 is 5.11 Å². The first-order valence-electron chi connectivity index (χ1n) is 9.45. The van der Waals surface area contributed by atoms with E-state index in [1.807, 2.05) is 6.08 Å². The maximum atomic E-state index is 11.8. The molecule has 2 nitrogen and oxygen atoms in total. The van der Waals surface area contributed by atoms with Crippen LogP contribution >= 0.6 is 0 Å². The number of ketones is 1. The van der Waals surface area contributed by atoms with E-state index in [1.54, 1.807) is 0 Å². The second-order valence-corrected chi connectivity index (χ2v) is 9.05. The zero-order valence-electron chi connectivity index (χ0n) is 14.6. The normalized spacial score (nSPS) is 52.2. The van der Waals surface area contributed by atoms with Crippen LogP contribution in [0.15, 0.2) is 24.3 Å². The van der Waals surface area contributed by atoms with Gasteiger partial charge in [-0.1, -0.05) is 18.6 Å². The first-order chi connectivity index (χ1) is 10.9. The van der Waals surface area contributed by atoms with E-state index in [0.717, 1.165) is 32.1 Å². The van der Waals surface area contributed by atoms with Crippen LogP contribution < -0.4 is 0 Å². The highest BCUT2D eigenvalue weighted by Gasteiger charge is 2.62. The van der Waals surface area contributed by atoms with Crippen LogP contribution in [0.25, 0.3) is 0 Å². The Bertz CT molecular complexity index is 572. The van der Waals surface area contributed by atoms with Gasteiger partial charge in [0.05, 0.1) is 5.60 Å². The Morgan fingerprint density at radius 1 is 1.26 bits per heavy atom. The number of carbonyl (C=O) groups excluding carboxylic acids is 1. The molecule has 3 saturated carbocycles. The summed E-state index contributed by atoms with van der Waals surface area (Å²) in [6.45, 7) is 8.54. The number of fused-ring (bicyclic) bond motifs is 5. The Kier molecular flexibility index (Phi) is 3.43. The molecule has 0 aromatic rings. The average molecular weight is 314 g/mol. The number of rotatable bonds is 1. The Morgan fingerprint density at radius 3 is 2.78 bits per heavy atom. The Hall–Kier alpha value is -0.890. The van der Waals surface area contributed by atoms with Gasteiger partial charge in [-0.15, -0.1) is 6.58 Å². The summed E-state index contributed by atoms with van der Waals surface area (Å²) < 4.78 is 0. The van der Waals surface area contributed by atoms with Crippen molar-refractivity contribution in [2.24, 2.45) is 35.0 Å². The Labute approximate surface area is 140 Å². The highest BCUT2D eigenvalue weighted by atomic mass is 16.3. The molecule has 2 heteroatoms. The molecule has 0 amide bonds. The maximum absolute atomic E-state index is 11.8. The molecule has 3 fully saturated rings. The number of allylic oxidation sites excluding steroid dienone is 2. The molecule has 0 saturated heterocycles. The van der Waals surface area contributed by atoms with Crippen molar-refractivity contribution in [1.82, 2.24) is 0 Å². The van der Waals surface area contributed by atoms with Crippen LogP contribution in [-0.2, 0) is 4.79 Å². The first-order valence-corrected chi connectivity index (χ1v) is 9.45. The standard InChI is InChI=1S/C21H30O2/c1-4-13-12-20(2)18(9-10-21(20,3)23)17-7-5-14-11-15(22)6-8-16(14)19(13)17/h4,11,13,16-19,23H,1,5-10,12H2,2-3H3/t13-,16?,17?,18?,19?,20-,21-/m0/s1. The van der Waals surface area contributed by atoms with E-state index in [0.29, 0.717) is 35.4 Å². The predicted molar refractivity (Wildman–Crippen MR) is 91.8 cm³/mol. The Morgan fingerprint density at radius 2 is 2.04 bits per heavy atom. The topological polar surface area (TPSA) is 37.3 Å². The van der Waals surface area contributed by atoms with E-state index in [1.165, 1.54) is 18.4 Å². The van der Waals surface area contributed by atoms with E-state index in [2.05, 4.69) is 26.5 Å². The highest BCUT2D eigenvalue weighted by Crippen LogP contribution is 2.66. The number of hydrogen-bond acceptors (Lipinski definition) is 2. The molecule has 4 unspecified atom stereocenters. The van der Waals surface area contributed by atoms with Crippen molar-refractivity contribution in [1.29, 1.82) is 0 Å². The van der Waals surface area contributed by atoms with Gasteiger partial charge in [-0.2, -0.15) is 0 Å². The fraction of sp³-hybridized carbons (Fsp3) is 0.762. The van der Waals surface area contributed by atoms with Gasteiger partial charge in [0, 0.05) is 6.42 Å². The van der Waals surface area contributed by atoms with Gasteiger partial charge in [0.25, 0.3) is 0 Å². The minimum atomic E-state index is -0.539. The number of hydrogen-bond donors (Lipinski definition) is 1. The molecule has 23 heavy (non-hydrogen) atoms. The van der Waals surface area contributed by atoms with Gasteiger partial charge in [0.15, 0.2) is 5.78 Å². The molecular weight excluding hydrogens is 284 g/mol. The number of carbonyl (C=O) groups is 1. The molecule has 4 rings (SSSR count). The van der Waals surface area contributed by atoms with Crippen molar-refractivity contribution < 1.29 is 9.90 Å². The molecule has 0 aromatic heterocycles. The van der Waals surface area contributed by atoms with Crippen LogP contribution in [0.2, 0.25) is 0 Å². The minimum absolute atomic E-state index is 0.0265. The summed E-state index contributed by atoms with van der Waals surface area (Å²) in [6, 6.07) is 0. The van der Waals surface area contributed by atoms with Crippen LogP contribution in [0.5, 0.6) is 0 Å². The Balaban J connectivity index is 1.73. The molecule has 0 heterocycles. The van der Waals surface area contributed by atoms with E-state index < -0.39 is 5.60 Å². The van der Waals surface area contributed by atoms with Gasteiger partial charge in [-0.05, 0) is 86.5 Å². The summed E-state index contributed by atoms with van der Waals surface area (Å²) in [7, 11) is 0. The monoisotopic (exact) mass is 314 g/mol. The van der Waals surface area contributed by atoms with Crippen LogP contribution in [0.4, 0.5) is 0 Å². The van der Waals surface area contributed by atoms with Gasteiger partial charge >= 0.3 is 0 Å². The van der Waals surface area contributed by atoms with E-state index in [-0.39, 0.29) is 5.41 Å². The molecule has 0 bridgehead atoms. The average Bonchev–Trinajstić information content (AvgIpc) is 2.76. The van der Waals surface area contributed by atoms with Crippen LogP contribution in [-0.4, -0.2) is 16.5 Å². The lowest BCUT2D eigenvalue weighted by Gasteiger charge is -2.58. The predicted octanol–water partition coefficient (Wildman–Crippen LogP) is 4.29. The van der Waals surface area contributed by atoms with E-state index in [9.17, 15) is 9.90 Å². The van der Waals surface area contributed by atoms with Crippen molar-refractivity contribution in [2.75, 3.05) is 0 Å². The lowest BCUT2D eigenvalue weighted by molar-refractivity contribution is -0.124. The lowest BCUT2D eigenvalue weighted by atomic mass is 9.47. The van der Waals surface area contributed by atoms with E-state index >= 15 is 0 Å². The molecule has 4 aliphatic carbocycles. The summed E-state index contributed by atoms with van der Waals surface area (Å²) in [5.41, 5.74) is 0.907. The summed E-state index contributed by atoms with van der Waals surface area (Å²) in [6.07, 6.45) is 11.3. The molecule has 126 valence electrons.